The van der Waals surface area contributed by atoms with Gasteiger partial charge in [0.25, 0.3) is 5.69 Å². The van der Waals surface area contributed by atoms with Gasteiger partial charge in [-0.25, -0.2) is 9.18 Å². The molecule has 1 aromatic carbocycles. The average Bonchev–Trinajstić information content (AvgIpc) is 2.76. The van der Waals surface area contributed by atoms with Crippen LogP contribution in [0.4, 0.5) is 13.2 Å². The summed E-state index contributed by atoms with van der Waals surface area (Å²) >= 11 is 0. The van der Waals surface area contributed by atoms with Crippen molar-refractivity contribution in [3.8, 4) is 17.0 Å². The van der Waals surface area contributed by atoms with Gasteiger partial charge >= 0.3 is 12.6 Å². The van der Waals surface area contributed by atoms with Crippen LogP contribution >= 0.6 is 0 Å². The van der Waals surface area contributed by atoms with Crippen LogP contribution in [0.15, 0.2) is 24.3 Å². The Kier molecular flexibility index (Phi) is 4.69. The average molecular weight is 315 g/mol. The summed E-state index contributed by atoms with van der Waals surface area (Å²) in [5.41, 5.74) is 0.360. The van der Waals surface area contributed by atoms with Gasteiger partial charge in [-0.3, -0.25) is 0 Å². The molecule has 118 valence electrons. The molecule has 0 atom stereocenters. The Bertz CT molecular complexity index is 669. The van der Waals surface area contributed by atoms with E-state index in [1.807, 2.05) is 0 Å². The fourth-order valence-corrected chi connectivity index (χ4v) is 2.02. The number of halogens is 3. The van der Waals surface area contributed by atoms with E-state index in [9.17, 15) is 18.0 Å². The third-order valence-corrected chi connectivity index (χ3v) is 2.86. The minimum Gasteiger partial charge on any atom is -0.461 e. The Balaban J connectivity index is 2.56. The van der Waals surface area contributed by atoms with Crippen molar-refractivity contribution in [2.75, 3.05) is 6.61 Å². The number of carbonyl (C=O) groups is 1. The molecular formula is C14H14F3N2O3+. The number of esters is 1. The first kappa shape index (κ1) is 15.9. The van der Waals surface area contributed by atoms with Crippen LogP contribution in [0.1, 0.15) is 17.4 Å². The van der Waals surface area contributed by atoms with Crippen molar-refractivity contribution < 1.29 is 32.1 Å². The lowest BCUT2D eigenvalue weighted by Crippen LogP contribution is -2.32. The second-order valence-corrected chi connectivity index (χ2v) is 4.33. The number of benzene rings is 1. The molecule has 0 aliphatic heterocycles. The van der Waals surface area contributed by atoms with Gasteiger partial charge in [0, 0.05) is 0 Å². The van der Waals surface area contributed by atoms with Gasteiger partial charge in [0.2, 0.25) is 11.4 Å². The first-order valence-corrected chi connectivity index (χ1v) is 6.44. The molecule has 0 saturated heterocycles. The molecule has 8 heteroatoms. The predicted molar refractivity (Wildman–Crippen MR) is 70.0 cm³/mol. The number of nitrogens with zero attached hydrogens (tertiary/aromatic N) is 1. The number of carbonyl (C=O) groups excluding carboxylic acids is 1. The summed E-state index contributed by atoms with van der Waals surface area (Å²) in [7, 11) is 1.51. The van der Waals surface area contributed by atoms with E-state index in [0.29, 0.717) is 5.56 Å². The molecule has 22 heavy (non-hydrogen) atoms. The lowest BCUT2D eigenvalue weighted by atomic mass is 10.1. The third-order valence-electron chi connectivity index (χ3n) is 2.86. The van der Waals surface area contributed by atoms with Crippen LogP contribution < -0.4 is 9.42 Å². The molecule has 0 spiro atoms. The zero-order valence-corrected chi connectivity index (χ0v) is 11.9. The Hall–Kier alpha value is -2.51. The minimum absolute atomic E-state index is 0.0849. The van der Waals surface area contributed by atoms with Crippen LogP contribution in [0, 0.1) is 5.82 Å². The highest BCUT2D eigenvalue weighted by molar-refractivity contribution is 5.92. The summed E-state index contributed by atoms with van der Waals surface area (Å²) < 4.78 is 48.9. The maximum absolute atomic E-state index is 13.0. The van der Waals surface area contributed by atoms with Crippen molar-refractivity contribution in [1.82, 2.24) is 5.10 Å². The monoisotopic (exact) mass is 315 g/mol. The van der Waals surface area contributed by atoms with Gasteiger partial charge in [-0.2, -0.15) is 13.9 Å². The Morgan fingerprint density at radius 1 is 1.32 bits per heavy atom. The molecule has 0 saturated carbocycles. The number of hydrogen-bond donors (Lipinski definition) is 1. The molecule has 5 nitrogen and oxygen atoms in total. The summed E-state index contributed by atoms with van der Waals surface area (Å²) in [6.45, 7) is -1.44. The molecule has 0 radical (unpaired) electrons. The van der Waals surface area contributed by atoms with E-state index in [1.165, 1.54) is 36.0 Å². The van der Waals surface area contributed by atoms with E-state index >= 15 is 0 Å². The first-order valence-electron chi connectivity index (χ1n) is 6.44. The van der Waals surface area contributed by atoms with E-state index in [-0.39, 0.29) is 23.7 Å². The lowest BCUT2D eigenvalue weighted by Gasteiger charge is -2.04. The number of aryl methyl sites for hydroxylation is 1. The largest absolute Gasteiger partial charge is 0.461 e. The second kappa shape index (κ2) is 6.50. The molecule has 2 aromatic rings. The van der Waals surface area contributed by atoms with Crippen molar-refractivity contribution in [2.24, 2.45) is 7.05 Å². The Morgan fingerprint density at radius 2 is 1.95 bits per heavy atom. The Labute approximate surface area is 124 Å². The number of rotatable bonds is 5. The zero-order valence-electron chi connectivity index (χ0n) is 11.9. The van der Waals surface area contributed by atoms with Gasteiger partial charge in [0.05, 0.1) is 12.2 Å². The van der Waals surface area contributed by atoms with Crippen LogP contribution in [-0.4, -0.2) is 24.3 Å². The quantitative estimate of drug-likeness (QED) is 0.681. The molecule has 0 amide bonds. The van der Waals surface area contributed by atoms with Gasteiger partial charge in [-0.05, 0) is 31.2 Å². The number of hydrogen-bond acceptors (Lipinski definition) is 3. The SMILES string of the molecule is CCOC(=O)c1[nH][n+](C)c(-c2ccc(F)cc2)c1OC(F)F. The van der Waals surface area contributed by atoms with Crippen LogP contribution in [0.5, 0.6) is 5.75 Å². The van der Waals surface area contributed by atoms with Crippen LogP contribution in [-0.2, 0) is 11.8 Å². The smallest absolute Gasteiger partial charge is 0.387 e. The van der Waals surface area contributed by atoms with Gasteiger partial charge in [0.15, 0.2) is 7.05 Å². The molecule has 0 aliphatic carbocycles. The summed E-state index contributed by atoms with van der Waals surface area (Å²) in [5, 5.41) is 2.61. The fourth-order valence-electron chi connectivity index (χ4n) is 2.02. The molecule has 1 heterocycles. The lowest BCUT2D eigenvalue weighted by molar-refractivity contribution is -0.716. The molecule has 0 unspecified atom stereocenters. The van der Waals surface area contributed by atoms with Crippen molar-refractivity contribution >= 4 is 5.97 Å². The first-order chi connectivity index (χ1) is 10.4. The van der Waals surface area contributed by atoms with Crippen LogP contribution in [0.25, 0.3) is 11.3 Å². The molecule has 0 fully saturated rings. The number of aromatic nitrogens is 2. The van der Waals surface area contributed by atoms with E-state index in [4.69, 9.17) is 4.74 Å². The van der Waals surface area contributed by atoms with E-state index in [0.717, 1.165) is 0 Å². The minimum atomic E-state index is -3.12. The van der Waals surface area contributed by atoms with Crippen molar-refractivity contribution in [2.45, 2.75) is 13.5 Å². The van der Waals surface area contributed by atoms with E-state index in [2.05, 4.69) is 9.84 Å². The summed E-state index contributed by atoms with van der Waals surface area (Å²) in [6, 6.07) is 5.15. The standard InChI is InChI=1S/C14H13F3N2O3/c1-3-21-13(20)10-12(22-14(16)17)11(19(2)18-10)8-4-6-9(15)7-5-8/h4-7,14H,3H2,1-2H3/p+1. The summed E-state index contributed by atoms with van der Waals surface area (Å²) in [5.74, 6) is -1.63. The predicted octanol–water partition coefficient (Wildman–Crippen LogP) is 2.42. The van der Waals surface area contributed by atoms with Crippen molar-refractivity contribution in [3.63, 3.8) is 0 Å². The highest BCUT2D eigenvalue weighted by atomic mass is 19.3. The van der Waals surface area contributed by atoms with Crippen molar-refractivity contribution in [3.05, 3.63) is 35.8 Å². The van der Waals surface area contributed by atoms with Gasteiger partial charge in [-0.15, -0.1) is 4.68 Å². The maximum Gasteiger partial charge on any atom is 0.387 e. The number of alkyl halides is 2. The zero-order chi connectivity index (χ0) is 16.3. The van der Waals surface area contributed by atoms with Crippen molar-refractivity contribution in [1.29, 1.82) is 0 Å². The number of nitrogens with one attached hydrogen (secondary N) is 1. The molecule has 2 rings (SSSR count). The molecule has 1 aromatic heterocycles. The summed E-state index contributed by atoms with van der Waals surface area (Å²) in [6.07, 6.45) is 0. The normalized spacial score (nSPS) is 10.8. The van der Waals surface area contributed by atoms with Gasteiger partial charge < -0.3 is 9.47 Å². The fraction of sp³-hybridized carbons (Fsp3) is 0.286. The topological polar surface area (TPSA) is 55.2 Å². The molecule has 1 N–H and O–H groups in total. The number of aromatic amines is 1. The number of H-pyrrole nitrogens is 1. The van der Waals surface area contributed by atoms with Gasteiger partial charge in [0.1, 0.15) is 5.82 Å². The molecular weight excluding hydrogens is 301 g/mol. The molecule has 0 bridgehead atoms. The third kappa shape index (κ3) is 3.21. The summed E-state index contributed by atoms with van der Waals surface area (Å²) in [4.78, 5) is 11.8. The Morgan fingerprint density at radius 3 is 2.50 bits per heavy atom. The second-order valence-electron chi connectivity index (χ2n) is 4.33. The maximum atomic E-state index is 13.0. The van der Waals surface area contributed by atoms with Crippen LogP contribution in [0.2, 0.25) is 0 Å². The molecule has 0 aliphatic rings. The van der Waals surface area contributed by atoms with E-state index < -0.39 is 18.4 Å². The number of ether oxygens (including phenoxy) is 2. The highest BCUT2D eigenvalue weighted by Gasteiger charge is 2.32. The van der Waals surface area contributed by atoms with E-state index in [1.54, 1.807) is 6.92 Å². The highest BCUT2D eigenvalue weighted by Crippen LogP contribution is 2.31. The van der Waals surface area contributed by atoms with Gasteiger partial charge in [-0.1, -0.05) is 0 Å². The van der Waals surface area contributed by atoms with Crippen LogP contribution in [0.3, 0.4) is 0 Å².